The molecule has 0 saturated heterocycles. The number of anilines is 2. The van der Waals surface area contributed by atoms with Crippen molar-refractivity contribution < 1.29 is 10.2 Å². The summed E-state index contributed by atoms with van der Waals surface area (Å²) >= 11 is 0. The van der Waals surface area contributed by atoms with E-state index in [0.717, 1.165) is 0 Å². The largest absolute Gasteiger partial charge is 0.394 e. The monoisotopic (exact) mass is 199 g/mol. The van der Waals surface area contributed by atoms with Crippen molar-refractivity contribution in [3.05, 3.63) is 12.4 Å². The highest BCUT2D eigenvalue weighted by Gasteiger charge is 2.02. The van der Waals surface area contributed by atoms with E-state index in [-0.39, 0.29) is 13.2 Å². The smallest absolute Gasteiger partial charge is 0.160 e. The van der Waals surface area contributed by atoms with Gasteiger partial charge >= 0.3 is 0 Å². The van der Waals surface area contributed by atoms with Crippen molar-refractivity contribution in [3.63, 3.8) is 0 Å². The molecule has 1 unspecified atom stereocenters. The Bertz CT molecular complexity index is 283. The fourth-order valence-corrected chi connectivity index (χ4v) is 0.808. The number of nitrogens with zero attached hydrogens (tertiary/aromatic N) is 2. The molecular formula is C7H13N5O2. The first kappa shape index (κ1) is 10.6. The molecule has 0 saturated carbocycles. The normalized spacial score (nSPS) is 12.2. The van der Waals surface area contributed by atoms with Gasteiger partial charge < -0.3 is 21.0 Å². The van der Waals surface area contributed by atoms with Gasteiger partial charge in [0.15, 0.2) is 5.82 Å². The average Bonchev–Trinajstić information content (AvgIpc) is 2.26. The van der Waals surface area contributed by atoms with Crippen molar-refractivity contribution in [2.45, 2.75) is 6.10 Å². The number of nitrogens with two attached hydrogens (primary N) is 1. The molecule has 0 aliphatic heterocycles. The summed E-state index contributed by atoms with van der Waals surface area (Å²) in [4.78, 5) is 7.84. The van der Waals surface area contributed by atoms with Crippen molar-refractivity contribution in [1.29, 1.82) is 0 Å². The van der Waals surface area contributed by atoms with Crippen LogP contribution in [0.4, 0.5) is 11.6 Å². The van der Waals surface area contributed by atoms with Crippen molar-refractivity contribution in [3.8, 4) is 0 Å². The minimum absolute atomic E-state index is 0.208. The molecule has 1 atom stereocenters. The SMILES string of the molecule is NNc1cncc(NCC(O)CO)n1. The quantitative estimate of drug-likeness (QED) is 0.290. The van der Waals surface area contributed by atoms with Gasteiger partial charge in [-0.1, -0.05) is 0 Å². The van der Waals surface area contributed by atoms with Crippen LogP contribution in [0.1, 0.15) is 0 Å². The fourth-order valence-electron chi connectivity index (χ4n) is 0.808. The lowest BCUT2D eigenvalue weighted by Gasteiger charge is -2.09. The molecule has 78 valence electrons. The van der Waals surface area contributed by atoms with Crippen LogP contribution in [0.25, 0.3) is 0 Å². The maximum Gasteiger partial charge on any atom is 0.160 e. The van der Waals surface area contributed by atoms with Gasteiger partial charge in [0.25, 0.3) is 0 Å². The van der Waals surface area contributed by atoms with Crippen molar-refractivity contribution in [2.24, 2.45) is 5.84 Å². The van der Waals surface area contributed by atoms with Crippen LogP contribution in [0.15, 0.2) is 12.4 Å². The van der Waals surface area contributed by atoms with Gasteiger partial charge in [0, 0.05) is 6.54 Å². The van der Waals surface area contributed by atoms with E-state index in [1.165, 1.54) is 12.4 Å². The first-order valence-corrected chi connectivity index (χ1v) is 4.07. The molecule has 1 rings (SSSR count). The number of aromatic nitrogens is 2. The number of hydrogen-bond acceptors (Lipinski definition) is 7. The second-order valence-electron chi connectivity index (χ2n) is 2.65. The minimum Gasteiger partial charge on any atom is -0.394 e. The van der Waals surface area contributed by atoms with Crippen molar-refractivity contribution >= 4 is 11.6 Å². The Morgan fingerprint density at radius 3 is 2.79 bits per heavy atom. The van der Waals surface area contributed by atoms with Gasteiger partial charge in [-0.3, -0.25) is 4.98 Å². The lowest BCUT2D eigenvalue weighted by molar-refractivity contribution is 0.105. The second-order valence-corrected chi connectivity index (χ2v) is 2.65. The zero-order valence-electron chi connectivity index (χ0n) is 7.51. The Morgan fingerprint density at radius 2 is 2.14 bits per heavy atom. The molecule has 0 aliphatic rings. The highest BCUT2D eigenvalue weighted by Crippen LogP contribution is 2.04. The average molecular weight is 199 g/mol. The van der Waals surface area contributed by atoms with Crippen LogP contribution in [0, 0.1) is 0 Å². The first-order chi connectivity index (χ1) is 6.76. The van der Waals surface area contributed by atoms with Gasteiger partial charge in [0.2, 0.25) is 0 Å². The van der Waals surface area contributed by atoms with Crippen LogP contribution < -0.4 is 16.6 Å². The topological polar surface area (TPSA) is 116 Å². The number of nitrogens with one attached hydrogen (secondary N) is 2. The molecule has 14 heavy (non-hydrogen) atoms. The van der Waals surface area contributed by atoms with Crippen LogP contribution in [-0.4, -0.2) is 39.4 Å². The minimum atomic E-state index is -0.814. The summed E-state index contributed by atoms with van der Waals surface area (Å²) in [5.74, 6) is 6.04. The molecule has 0 spiro atoms. The van der Waals surface area contributed by atoms with E-state index < -0.39 is 6.10 Å². The summed E-state index contributed by atoms with van der Waals surface area (Å²) in [6, 6.07) is 0. The Labute approximate surface area is 81.0 Å². The predicted molar refractivity (Wildman–Crippen MR) is 51.4 cm³/mol. The highest BCUT2D eigenvalue weighted by atomic mass is 16.3. The molecule has 0 amide bonds. The van der Waals surface area contributed by atoms with E-state index >= 15 is 0 Å². The standard InChI is InChI=1S/C7H13N5O2/c8-12-7-3-9-2-6(11-7)10-1-5(14)4-13/h2-3,5,13-14H,1,4,8H2,(H2,10,11,12). The Morgan fingerprint density at radius 1 is 1.43 bits per heavy atom. The van der Waals surface area contributed by atoms with Gasteiger partial charge in [-0.05, 0) is 0 Å². The zero-order valence-corrected chi connectivity index (χ0v) is 7.51. The molecule has 0 radical (unpaired) electrons. The third kappa shape index (κ3) is 3.13. The van der Waals surface area contributed by atoms with E-state index in [4.69, 9.17) is 16.1 Å². The number of hydrogen-bond donors (Lipinski definition) is 5. The Balaban J connectivity index is 2.50. The van der Waals surface area contributed by atoms with Gasteiger partial charge in [-0.2, -0.15) is 0 Å². The molecular weight excluding hydrogens is 186 g/mol. The summed E-state index contributed by atoms with van der Waals surface area (Å²) in [6.45, 7) is -0.0888. The first-order valence-electron chi connectivity index (χ1n) is 4.07. The summed E-state index contributed by atoms with van der Waals surface area (Å²) in [5, 5.41) is 20.4. The van der Waals surface area contributed by atoms with Gasteiger partial charge in [-0.25, -0.2) is 10.8 Å². The number of aliphatic hydroxyl groups excluding tert-OH is 2. The highest BCUT2D eigenvalue weighted by molar-refractivity contribution is 5.40. The second kappa shape index (κ2) is 5.32. The number of rotatable bonds is 5. The number of hydrazine groups is 1. The molecule has 0 aliphatic carbocycles. The Hall–Kier alpha value is -1.44. The molecule has 7 nitrogen and oxygen atoms in total. The number of nitrogen functional groups attached to an aromatic ring is 1. The molecule has 1 aromatic heterocycles. The molecule has 6 N–H and O–H groups in total. The lowest BCUT2D eigenvalue weighted by Crippen LogP contribution is -2.23. The summed E-state index contributed by atoms with van der Waals surface area (Å²) < 4.78 is 0. The third-order valence-electron chi connectivity index (χ3n) is 1.51. The van der Waals surface area contributed by atoms with Gasteiger partial charge in [0.1, 0.15) is 5.82 Å². The zero-order chi connectivity index (χ0) is 10.4. The van der Waals surface area contributed by atoms with Crippen LogP contribution >= 0.6 is 0 Å². The van der Waals surface area contributed by atoms with Gasteiger partial charge in [0.05, 0.1) is 25.1 Å². The van der Waals surface area contributed by atoms with Gasteiger partial charge in [-0.15, -0.1) is 0 Å². The summed E-state index contributed by atoms with van der Waals surface area (Å²) in [6.07, 6.45) is 2.14. The molecule has 1 heterocycles. The van der Waals surface area contributed by atoms with Crippen LogP contribution in [0.5, 0.6) is 0 Å². The molecule has 7 heteroatoms. The molecule has 1 aromatic rings. The molecule has 0 aromatic carbocycles. The maximum atomic E-state index is 9.04. The van der Waals surface area contributed by atoms with Crippen molar-refractivity contribution in [2.75, 3.05) is 23.9 Å². The lowest BCUT2D eigenvalue weighted by atomic mass is 10.4. The molecule has 0 fully saturated rings. The van der Waals surface area contributed by atoms with Crippen LogP contribution in [0.3, 0.4) is 0 Å². The fraction of sp³-hybridized carbons (Fsp3) is 0.429. The van der Waals surface area contributed by atoms with E-state index in [2.05, 4.69) is 20.7 Å². The van der Waals surface area contributed by atoms with Crippen molar-refractivity contribution in [1.82, 2.24) is 9.97 Å². The number of aliphatic hydroxyl groups is 2. The van der Waals surface area contributed by atoms with E-state index in [9.17, 15) is 0 Å². The van der Waals surface area contributed by atoms with E-state index in [1.807, 2.05) is 0 Å². The van der Waals surface area contributed by atoms with Crippen LogP contribution in [-0.2, 0) is 0 Å². The van der Waals surface area contributed by atoms with E-state index in [0.29, 0.717) is 11.6 Å². The summed E-state index contributed by atoms with van der Waals surface area (Å²) in [7, 11) is 0. The predicted octanol–water partition coefficient (Wildman–Crippen LogP) is -1.47. The Kier molecular flexibility index (Phi) is 4.05. The van der Waals surface area contributed by atoms with Crippen LogP contribution in [0.2, 0.25) is 0 Å². The maximum absolute atomic E-state index is 9.04. The summed E-state index contributed by atoms with van der Waals surface area (Å²) in [5.41, 5.74) is 2.34. The molecule has 0 bridgehead atoms. The third-order valence-corrected chi connectivity index (χ3v) is 1.51. The van der Waals surface area contributed by atoms with E-state index in [1.54, 1.807) is 0 Å².